The molecule has 0 N–H and O–H groups in total. The Morgan fingerprint density at radius 3 is 1.20 bits per heavy atom. The van der Waals surface area contributed by atoms with Crippen LogP contribution < -0.4 is 0 Å². The van der Waals surface area contributed by atoms with Gasteiger partial charge in [-0.1, -0.05) is 141 Å². The Labute approximate surface area is 262 Å². The van der Waals surface area contributed by atoms with E-state index in [4.69, 9.17) is 21.1 Å². The van der Waals surface area contributed by atoms with E-state index in [1.807, 2.05) is 0 Å². The third-order valence-electron chi connectivity index (χ3n) is 8.72. The number of halogens is 1. The minimum atomic E-state index is -0.359. The maximum Gasteiger partial charge on any atom is 0.168 e. The van der Waals surface area contributed by atoms with Crippen molar-refractivity contribution in [3.05, 3.63) is 24.3 Å². The highest BCUT2D eigenvalue weighted by Crippen LogP contribution is 2.35. The SMILES string of the molecule is CCCCCCCC=CCCCCCCCCC1(CCCCCCCCC=CCCCCCCC)OCC(CCl)O1. The highest BCUT2D eigenvalue weighted by atomic mass is 35.5. The summed E-state index contributed by atoms with van der Waals surface area (Å²) in [6.07, 6.45) is 46.5. The Kier molecular flexibility index (Phi) is 28.1. The Morgan fingerprint density at radius 1 is 0.512 bits per heavy atom. The Balaban J connectivity index is 2.02. The molecule has 0 aromatic rings. The molecule has 41 heavy (non-hydrogen) atoms. The first kappa shape index (κ1) is 38.7. The van der Waals surface area contributed by atoms with Crippen LogP contribution in [-0.4, -0.2) is 24.4 Å². The number of allylic oxidation sites excluding steroid dienone is 4. The number of unbranched alkanes of at least 4 members (excludes halogenated alkanes) is 22. The van der Waals surface area contributed by atoms with Crippen LogP contribution in [0.25, 0.3) is 0 Å². The molecule has 0 amide bonds. The van der Waals surface area contributed by atoms with E-state index in [0.29, 0.717) is 12.5 Å². The zero-order chi connectivity index (χ0) is 29.5. The number of hydrogen-bond donors (Lipinski definition) is 0. The third-order valence-corrected chi connectivity index (χ3v) is 9.07. The van der Waals surface area contributed by atoms with Crippen molar-refractivity contribution in [1.29, 1.82) is 0 Å². The van der Waals surface area contributed by atoms with E-state index < -0.39 is 0 Å². The summed E-state index contributed by atoms with van der Waals surface area (Å²) in [5.41, 5.74) is 0. The maximum absolute atomic E-state index is 6.37. The lowest BCUT2D eigenvalue weighted by molar-refractivity contribution is -0.177. The van der Waals surface area contributed by atoms with Gasteiger partial charge in [0.2, 0.25) is 0 Å². The molecule has 1 unspecified atom stereocenters. The van der Waals surface area contributed by atoms with Crippen LogP contribution in [0.15, 0.2) is 24.3 Å². The minimum Gasteiger partial charge on any atom is -0.347 e. The van der Waals surface area contributed by atoms with Crippen LogP contribution in [0.1, 0.15) is 194 Å². The molecular formula is C38H71ClO2. The van der Waals surface area contributed by atoms with Crippen molar-refractivity contribution in [2.45, 2.75) is 206 Å². The van der Waals surface area contributed by atoms with Gasteiger partial charge in [0.1, 0.15) is 0 Å². The van der Waals surface area contributed by atoms with Gasteiger partial charge in [-0.25, -0.2) is 0 Å². The highest BCUT2D eigenvalue weighted by molar-refractivity contribution is 6.18. The van der Waals surface area contributed by atoms with Crippen molar-refractivity contribution in [3.63, 3.8) is 0 Å². The molecule has 242 valence electrons. The summed E-state index contributed by atoms with van der Waals surface area (Å²) in [6.45, 7) is 5.24. The van der Waals surface area contributed by atoms with E-state index in [1.54, 1.807) is 0 Å². The lowest BCUT2D eigenvalue weighted by atomic mass is 9.98. The normalized spacial score (nSPS) is 19.3. The van der Waals surface area contributed by atoms with Gasteiger partial charge >= 0.3 is 0 Å². The van der Waals surface area contributed by atoms with Gasteiger partial charge in [0.15, 0.2) is 5.79 Å². The standard InChI is InChI=1S/C38H71ClO2/c1-3-5-7-9-11-13-15-17-19-21-23-25-27-29-31-33-38(40-36-37(35-39)41-38)34-32-30-28-26-24-22-20-18-16-14-12-10-8-6-4-2/h15-18,37H,3-14,19-36H2,1-2H3. The molecule has 1 atom stereocenters. The molecule has 2 nitrogen and oxygen atoms in total. The van der Waals surface area contributed by atoms with Crippen LogP contribution in [0, 0.1) is 0 Å². The smallest absolute Gasteiger partial charge is 0.168 e. The summed E-state index contributed by atoms with van der Waals surface area (Å²) < 4.78 is 12.6. The molecule has 1 fully saturated rings. The zero-order valence-corrected chi connectivity index (χ0v) is 28.6. The largest absolute Gasteiger partial charge is 0.347 e. The molecule has 1 aliphatic heterocycles. The average Bonchev–Trinajstić information content (AvgIpc) is 3.40. The van der Waals surface area contributed by atoms with Gasteiger partial charge in [-0.15, -0.1) is 11.6 Å². The fourth-order valence-electron chi connectivity index (χ4n) is 6.01. The van der Waals surface area contributed by atoms with E-state index in [-0.39, 0.29) is 11.9 Å². The lowest BCUT2D eigenvalue weighted by Gasteiger charge is -2.28. The first-order valence-corrected chi connectivity index (χ1v) is 19.0. The van der Waals surface area contributed by atoms with Crippen LogP contribution in [0.2, 0.25) is 0 Å². The summed E-state index contributed by atoms with van der Waals surface area (Å²) in [5.74, 6) is 0.185. The molecule has 3 heteroatoms. The summed E-state index contributed by atoms with van der Waals surface area (Å²) in [4.78, 5) is 0. The van der Waals surface area contributed by atoms with Gasteiger partial charge < -0.3 is 9.47 Å². The van der Waals surface area contributed by atoms with Crippen molar-refractivity contribution in [1.82, 2.24) is 0 Å². The van der Waals surface area contributed by atoms with Crippen molar-refractivity contribution < 1.29 is 9.47 Å². The van der Waals surface area contributed by atoms with Crippen LogP contribution in [0.5, 0.6) is 0 Å². The fourth-order valence-corrected chi connectivity index (χ4v) is 6.16. The quantitative estimate of drug-likeness (QED) is 0.0451. The van der Waals surface area contributed by atoms with Gasteiger partial charge in [0.05, 0.1) is 18.6 Å². The Hall–Kier alpha value is -0.310. The molecule has 1 heterocycles. The van der Waals surface area contributed by atoms with Gasteiger partial charge in [-0.2, -0.15) is 0 Å². The second-order valence-corrected chi connectivity index (χ2v) is 13.1. The molecule has 0 aromatic heterocycles. The molecule has 0 spiro atoms. The Bertz CT molecular complexity index is 547. The predicted molar refractivity (Wildman–Crippen MR) is 183 cm³/mol. The van der Waals surface area contributed by atoms with Crippen LogP contribution in [-0.2, 0) is 9.47 Å². The lowest BCUT2D eigenvalue weighted by Crippen LogP contribution is -2.31. The monoisotopic (exact) mass is 595 g/mol. The van der Waals surface area contributed by atoms with Gasteiger partial charge in [0.25, 0.3) is 0 Å². The average molecular weight is 595 g/mol. The highest BCUT2D eigenvalue weighted by Gasteiger charge is 2.40. The van der Waals surface area contributed by atoms with E-state index >= 15 is 0 Å². The Morgan fingerprint density at radius 2 is 0.854 bits per heavy atom. The van der Waals surface area contributed by atoms with Crippen molar-refractivity contribution in [2.75, 3.05) is 12.5 Å². The molecule has 1 aliphatic rings. The number of rotatable bonds is 31. The van der Waals surface area contributed by atoms with E-state index in [1.165, 1.54) is 167 Å². The topological polar surface area (TPSA) is 18.5 Å². The van der Waals surface area contributed by atoms with E-state index in [2.05, 4.69) is 38.2 Å². The third kappa shape index (κ3) is 23.8. The van der Waals surface area contributed by atoms with E-state index in [0.717, 1.165) is 12.8 Å². The van der Waals surface area contributed by atoms with Gasteiger partial charge in [-0.05, 0) is 64.2 Å². The fraction of sp³-hybridized carbons (Fsp3) is 0.895. The molecule has 0 aliphatic carbocycles. The second-order valence-electron chi connectivity index (χ2n) is 12.8. The zero-order valence-electron chi connectivity index (χ0n) is 27.8. The van der Waals surface area contributed by atoms with Crippen molar-refractivity contribution in [2.24, 2.45) is 0 Å². The molecule has 0 radical (unpaired) electrons. The molecule has 0 aromatic carbocycles. The summed E-state index contributed by atoms with van der Waals surface area (Å²) in [7, 11) is 0. The molecule has 0 saturated carbocycles. The first-order valence-electron chi connectivity index (χ1n) is 18.4. The minimum absolute atomic E-state index is 0.0745. The first-order chi connectivity index (χ1) is 20.3. The molecule has 1 rings (SSSR count). The van der Waals surface area contributed by atoms with Crippen LogP contribution in [0.4, 0.5) is 0 Å². The van der Waals surface area contributed by atoms with Crippen molar-refractivity contribution in [3.8, 4) is 0 Å². The predicted octanol–water partition coefficient (Wildman–Crippen LogP) is 13.4. The van der Waals surface area contributed by atoms with Crippen LogP contribution in [0.3, 0.4) is 0 Å². The van der Waals surface area contributed by atoms with Crippen LogP contribution >= 0.6 is 11.6 Å². The number of hydrogen-bond acceptors (Lipinski definition) is 2. The second kappa shape index (κ2) is 29.7. The molecular weight excluding hydrogens is 524 g/mol. The molecule has 1 saturated heterocycles. The van der Waals surface area contributed by atoms with E-state index in [9.17, 15) is 0 Å². The van der Waals surface area contributed by atoms with Gasteiger partial charge in [0, 0.05) is 12.8 Å². The maximum atomic E-state index is 6.37. The van der Waals surface area contributed by atoms with Gasteiger partial charge in [-0.3, -0.25) is 0 Å². The number of ether oxygens (including phenoxy) is 2. The number of alkyl halides is 1. The van der Waals surface area contributed by atoms with Crippen molar-refractivity contribution >= 4 is 11.6 Å². The molecule has 0 bridgehead atoms. The summed E-state index contributed by atoms with van der Waals surface area (Å²) >= 11 is 6.12. The summed E-state index contributed by atoms with van der Waals surface area (Å²) in [6, 6.07) is 0. The summed E-state index contributed by atoms with van der Waals surface area (Å²) in [5, 5.41) is 0.